The molecular weight excluding hydrogens is 715 g/mol. The van der Waals surface area contributed by atoms with Crippen LogP contribution in [0.2, 0.25) is 0 Å². The molecule has 0 N–H and O–H groups in total. The van der Waals surface area contributed by atoms with E-state index in [4.69, 9.17) is 0 Å². The van der Waals surface area contributed by atoms with E-state index in [2.05, 4.69) is 61.2 Å². The number of hydrogen-bond acceptors (Lipinski definition) is 3. The van der Waals surface area contributed by atoms with E-state index in [0.29, 0.717) is 0 Å². The molecule has 38 heavy (non-hydrogen) atoms. The van der Waals surface area contributed by atoms with E-state index < -0.39 is 0 Å². The van der Waals surface area contributed by atoms with Crippen molar-refractivity contribution in [3.8, 4) is 33.8 Å². The minimum absolute atomic E-state index is 0. The summed E-state index contributed by atoms with van der Waals surface area (Å²) < 4.78 is 1.08. The molecule has 0 spiro atoms. The van der Waals surface area contributed by atoms with Crippen molar-refractivity contribution < 1.29 is 22.4 Å². The Morgan fingerprint density at radius 2 is 0.737 bits per heavy atom. The van der Waals surface area contributed by atoms with E-state index in [1.54, 1.807) is 6.20 Å². The van der Waals surface area contributed by atoms with Gasteiger partial charge in [-0.05, 0) is 48.5 Å². The van der Waals surface area contributed by atoms with E-state index in [-0.39, 0.29) is 22.4 Å². The predicted octanol–water partition coefficient (Wildman–Crippen LogP) is 9.01. The Hall–Kier alpha value is -3.67. The maximum atomic E-state index is 4.27. The van der Waals surface area contributed by atoms with Crippen LogP contribution in [0, 0.1) is 0 Å². The fourth-order valence-corrected chi connectivity index (χ4v) is 3.87. The number of aromatic nitrogens is 3. The van der Waals surface area contributed by atoms with Gasteiger partial charge in [0.15, 0.2) is 0 Å². The van der Waals surface area contributed by atoms with Gasteiger partial charge < -0.3 is 0 Å². The van der Waals surface area contributed by atoms with Crippen molar-refractivity contribution in [3.05, 3.63) is 163 Å². The van der Waals surface area contributed by atoms with Crippen molar-refractivity contribution in [1.29, 1.82) is 0 Å². The molecule has 0 amide bonds. The summed E-state index contributed by atoms with van der Waals surface area (Å²) in [4.78, 5) is 12.8. The Morgan fingerprint density at radius 1 is 0.368 bits per heavy atom. The van der Waals surface area contributed by atoms with Gasteiger partial charge in [0.25, 0.3) is 0 Å². The SMILES string of the molecule is Brc1cccc(-c2ccccn2)c1.[Au].c1ccc(-c2ccccn2)cc1.c1ccc(-c2ccccn2)cc1. The smallest absolute Gasteiger partial charge is 0.0702 e. The summed E-state index contributed by atoms with van der Waals surface area (Å²) in [6.45, 7) is 0. The first-order valence-corrected chi connectivity index (χ1v) is 12.7. The fraction of sp³-hybridized carbons (Fsp3) is 0. The van der Waals surface area contributed by atoms with Crippen LogP contribution in [0.3, 0.4) is 0 Å². The average Bonchev–Trinajstić information content (AvgIpc) is 3.00. The first-order chi connectivity index (χ1) is 18.3. The molecule has 0 saturated carbocycles. The third-order valence-electron chi connectivity index (χ3n) is 5.25. The standard InChI is InChI=1S/C11H8BrN.2C11H9N.Au/c12-10-5-3-4-9(8-10)11-6-1-2-7-13-11;2*1-2-6-10(7-3-1)11-8-4-5-9-12-11;/h1-8H;2*1-9H;. The molecule has 0 aliphatic rings. The van der Waals surface area contributed by atoms with Crippen LogP contribution >= 0.6 is 15.9 Å². The maximum absolute atomic E-state index is 4.27. The summed E-state index contributed by atoms with van der Waals surface area (Å²) in [5.41, 5.74) is 6.52. The molecule has 0 fully saturated rings. The molecule has 5 heteroatoms. The van der Waals surface area contributed by atoms with Crippen LogP contribution < -0.4 is 0 Å². The molecule has 0 atom stereocenters. The molecular formula is C33H26AuBrN3. The minimum Gasteiger partial charge on any atom is -0.256 e. The molecule has 3 nitrogen and oxygen atoms in total. The quantitative estimate of drug-likeness (QED) is 0.170. The second kappa shape index (κ2) is 16.2. The van der Waals surface area contributed by atoms with E-state index >= 15 is 0 Å². The number of nitrogens with zero attached hydrogens (tertiary/aromatic N) is 3. The molecule has 3 heterocycles. The van der Waals surface area contributed by atoms with Gasteiger partial charge in [-0.2, -0.15) is 0 Å². The summed E-state index contributed by atoms with van der Waals surface area (Å²) >= 11 is 3.43. The number of benzene rings is 3. The van der Waals surface area contributed by atoms with Crippen LogP contribution in [0.25, 0.3) is 33.8 Å². The van der Waals surface area contributed by atoms with Crippen LogP contribution in [0.1, 0.15) is 0 Å². The second-order valence-corrected chi connectivity index (χ2v) is 8.80. The van der Waals surface area contributed by atoms with Crippen molar-refractivity contribution in [2.24, 2.45) is 0 Å². The normalized spacial score (nSPS) is 9.50. The van der Waals surface area contributed by atoms with Gasteiger partial charge in [-0.3, -0.25) is 15.0 Å². The van der Waals surface area contributed by atoms with Crippen molar-refractivity contribution in [1.82, 2.24) is 15.0 Å². The molecule has 191 valence electrons. The van der Waals surface area contributed by atoms with E-state index in [0.717, 1.165) is 38.2 Å². The van der Waals surface area contributed by atoms with Crippen LogP contribution in [0.15, 0.2) is 163 Å². The Balaban J connectivity index is 0.000000156. The summed E-state index contributed by atoms with van der Waals surface area (Å²) in [5.74, 6) is 0. The zero-order chi connectivity index (χ0) is 25.5. The molecule has 6 rings (SSSR count). The van der Waals surface area contributed by atoms with Crippen LogP contribution in [0.5, 0.6) is 0 Å². The Morgan fingerprint density at radius 3 is 1.11 bits per heavy atom. The van der Waals surface area contributed by atoms with E-state index in [9.17, 15) is 0 Å². The van der Waals surface area contributed by atoms with Crippen molar-refractivity contribution >= 4 is 15.9 Å². The van der Waals surface area contributed by atoms with Crippen molar-refractivity contribution in [2.45, 2.75) is 0 Å². The predicted molar refractivity (Wildman–Crippen MR) is 157 cm³/mol. The Labute approximate surface area is 248 Å². The third kappa shape index (κ3) is 9.33. The van der Waals surface area contributed by atoms with Gasteiger partial charge in [0.2, 0.25) is 0 Å². The fourth-order valence-electron chi connectivity index (χ4n) is 3.47. The van der Waals surface area contributed by atoms with Gasteiger partial charge in [-0.15, -0.1) is 0 Å². The molecule has 3 aromatic carbocycles. The van der Waals surface area contributed by atoms with Gasteiger partial charge in [-0.25, -0.2) is 0 Å². The van der Waals surface area contributed by atoms with E-state index in [1.807, 2.05) is 122 Å². The van der Waals surface area contributed by atoms with Crippen LogP contribution in [-0.4, -0.2) is 15.0 Å². The van der Waals surface area contributed by atoms with Gasteiger partial charge in [-0.1, -0.05) is 107 Å². The topological polar surface area (TPSA) is 38.7 Å². The first kappa shape index (κ1) is 28.9. The number of halogens is 1. The number of pyridine rings is 3. The third-order valence-corrected chi connectivity index (χ3v) is 5.75. The Bertz CT molecular complexity index is 1300. The van der Waals surface area contributed by atoms with Crippen molar-refractivity contribution in [2.75, 3.05) is 0 Å². The maximum Gasteiger partial charge on any atom is 0.0702 e. The molecule has 3 aromatic heterocycles. The Kier molecular flexibility index (Phi) is 12.3. The van der Waals surface area contributed by atoms with Gasteiger partial charge in [0.05, 0.1) is 17.1 Å². The first-order valence-electron chi connectivity index (χ1n) is 11.9. The zero-order valence-electron chi connectivity index (χ0n) is 20.5. The summed E-state index contributed by atoms with van der Waals surface area (Å²) in [6.07, 6.45) is 5.42. The van der Waals surface area contributed by atoms with Crippen molar-refractivity contribution in [3.63, 3.8) is 0 Å². The minimum atomic E-state index is 0. The summed E-state index contributed by atoms with van der Waals surface area (Å²) in [5, 5.41) is 0. The van der Waals surface area contributed by atoms with E-state index in [1.165, 1.54) is 0 Å². The average molecular weight is 741 g/mol. The molecule has 0 saturated heterocycles. The zero-order valence-corrected chi connectivity index (χ0v) is 24.3. The number of hydrogen-bond donors (Lipinski definition) is 0. The van der Waals surface area contributed by atoms with Crippen LogP contribution in [0.4, 0.5) is 0 Å². The molecule has 0 aliphatic carbocycles. The summed E-state index contributed by atoms with van der Waals surface area (Å²) in [6, 6.07) is 46.2. The molecule has 6 aromatic rings. The largest absolute Gasteiger partial charge is 0.256 e. The molecule has 0 aliphatic heterocycles. The van der Waals surface area contributed by atoms with Gasteiger partial charge in [0.1, 0.15) is 0 Å². The monoisotopic (exact) mass is 740 g/mol. The molecule has 0 bridgehead atoms. The van der Waals surface area contributed by atoms with Gasteiger partial charge >= 0.3 is 0 Å². The van der Waals surface area contributed by atoms with Gasteiger partial charge in [0, 0.05) is 62.1 Å². The molecule has 1 radical (unpaired) electrons. The second-order valence-electron chi connectivity index (χ2n) is 7.89. The summed E-state index contributed by atoms with van der Waals surface area (Å²) in [7, 11) is 0. The van der Waals surface area contributed by atoms with Crippen LogP contribution in [-0.2, 0) is 22.4 Å². The molecule has 0 unspecified atom stereocenters. The number of rotatable bonds is 3.